The van der Waals surface area contributed by atoms with Gasteiger partial charge in [0.15, 0.2) is 0 Å². The number of aryl methyl sites for hydroxylation is 1. The second kappa shape index (κ2) is 12.8. The zero-order valence-corrected chi connectivity index (χ0v) is 32.4. The highest BCUT2D eigenvalue weighted by molar-refractivity contribution is 6.22. The minimum atomic E-state index is -0.127. The highest BCUT2D eigenvalue weighted by atomic mass is 15.1. The quantitative estimate of drug-likeness (QED) is 0.160. The second-order valence-corrected chi connectivity index (χ2v) is 16.1. The van der Waals surface area contributed by atoms with E-state index < -0.39 is 0 Å². The summed E-state index contributed by atoms with van der Waals surface area (Å²) >= 11 is 0. The van der Waals surface area contributed by atoms with E-state index in [4.69, 9.17) is 0 Å². The van der Waals surface area contributed by atoms with Crippen LogP contribution in [-0.2, 0) is 5.41 Å². The molecule has 0 spiro atoms. The number of hydrogen-bond acceptors (Lipinski definition) is 1. The van der Waals surface area contributed by atoms with Gasteiger partial charge in [0.1, 0.15) is 0 Å². The summed E-state index contributed by atoms with van der Waals surface area (Å²) in [7, 11) is 0. The first-order valence-electron chi connectivity index (χ1n) is 20.0. The largest absolute Gasteiger partial charge is 0.309 e. The Bertz CT molecular complexity index is 3160. The molecule has 0 radical (unpaired) electrons. The molecule has 0 aliphatic heterocycles. The molecule has 270 valence electrons. The molecule has 57 heavy (non-hydrogen) atoms. The first kappa shape index (κ1) is 33.4. The molecule has 1 heteroatoms. The fraction of sp³-hybridized carbons (Fsp3) is 0.0714. The molecule has 0 heterocycles. The van der Waals surface area contributed by atoms with Crippen LogP contribution in [0.2, 0.25) is 0 Å². The van der Waals surface area contributed by atoms with E-state index >= 15 is 0 Å². The lowest BCUT2D eigenvalue weighted by Crippen LogP contribution is -2.16. The van der Waals surface area contributed by atoms with Gasteiger partial charge in [0.2, 0.25) is 0 Å². The lowest BCUT2D eigenvalue weighted by atomic mass is 9.77. The van der Waals surface area contributed by atoms with Crippen molar-refractivity contribution in [2.24, 2.45) is 0 Å². The summed E-state index contributed by atoms with van der Waals surface area (Å²) in [5.74, 6) is 0. The van der Waals surface area contributed by atoms with Gasteiger partial charge in [0.25, 0.3) is 0 Å². The average Bonchev–Trinajstić information content (AvgIpc) is 3.50. The molecule has 0 saturated carbocycles. The number of benzene rings is 10. The number of nitrogens with zero attached hydrogens (tertiary/aromatic N) is 1. The van der Waals surface area contributed by atoms with Crippen molar-refractivity contribution in [1.29, 1.82) is 0 Å². The predicted molar refractivity (Wildman–Crippen MR) is 244 cm³/mol. The molecule has 1 aliphatic rings. The van der Waals surface area contributed by atoms with Crippen molar-refractivity contribution in [3.63, 3.8) is 0 Å². The first-order chi connectivity index (χ1) is 28.0. The van der Waals surface area contributed by atoms with Gasteiger partial charge < -0.3 is 4.90 Å². The van der Waals surface area contributed by atoms with Gasteiger partial charge in [0, 0.05) is 21.9 Å². The van der Waals surface area contributed by atoms with Crippen LogP contribution in [0.15, 0.2) is 194 Å². The van der Waals surface area contributed by atoms with Crippen LogP contribution in [0.5, 0.6) is 0 Å². The Hall–Kier alpha value is -6.96. The standard InChI is InChI=1S/C56H41N/c1-36-30-35-52(43-21-7-6-18-40(36)43)57(51-29-14-17-37-16-4-5-19-41(37)51)39-33-31-38(32-34-39)53-44-22-8-10-24-46(44)54(47-25-11-9-23-45(47)53)49-27-15-26-48-42-20-12-13-28-50(42)56(2,3)55(48)49/h4-35H,1-3H3. The maximum absolute atomic E-state index is 2.45. The van der Waals surface area contributed by atoms with Crippen molar-refractivity contribution in [3.8, 4) is 33.4 Å². The van der Waals surface area contributed by atoms with E-state index in [9.17, 15) is 0 Å². The summed E-state index contributed by atoms with van der Waals surface area (Å²) in [6.45, 7) is 6.99. The van der Waals surface area contributed by atoms with E-state index in [0.717, 1.165) is 11.4 Å². The van der Waals surface area contributed by atoms with Crippen molar-refractivity contribution in [1.82, 2.24) is 0 Å². The number of fused-ring (bicyclic) bond motifs is 7. The van der Waals surface area contributed by atoms with Crippen LogP contribution in [-0.4, -0.2) is 0 Å². The molecule has 0 atom stereocenters. The van der Waals surface area contributed by atoms with Crippen molar-refractivity contribution in [2.75, 3.05) is 4.90 Å². The zero-order valence-electron chi connectivity index (χ0n) is 32.4. The SMILES string of the molecule is Cc1ccc(N(c2ccc(-c3c4ccccc4c(-c4cccc5c4C(C)(C)c4ccccc4-5)c4ccccc34)cc2)c2cccc3ccccc23)c2ccccc12. The highest BCUT2D eigenvalue weighted by Crippen LogP contribution is 2.54. The first-order valence-corrected chi connectivity index (χ1v) is 20.0. The van der Waals surface area contributed by atoms with Crippen LogP contribution in [0.3, 0.4) is 0 Å². The molecule has 0 aromatic heterocycles. The molecule has 11 rings (SSSR count). The molecule has 0 unspecified atom stereocenters. The van der Waals surface area contributed by atoms with E-state index in [2.05, 4.69) is 220 Å². The topological polar surface area (TPSA) is 3.24 Å². The molecule has 1 aliphatic carbocycles. The van der Waals surface area contributed by atoms with Crippen molar-refractivity contribution < 1.29 is 0 Å². The predicted octanol–water partition coefficient (Wildman–Crippen LogP) is 15.7. The third kappa shape index (κ3) is 5.02. The summed E-state index contributed by atoms with van der Waals surface area (Å²) < 4.78 is 0. The van der Waals surface area contributed by atoms with Crippen LogP contribution in [0.25, 0.3) is 76.5 Å². The van der Waals surface area contributed by atoms with Gasteiger partial charge in [-0.25, -0.2) is 0 Å². The van der Waals surface area contributed by atoms with Gasteiger partial charge in [-0.2, -0.15) is 0 Å². The molecule has 10 aromatic rings. The summed E-state index contributed by atoms with van der Waals surface area (Å²) in [5.41, 5.74) is 15.2. The molecule has 0 N–H and O–H groups in total. The number of hydrogen-bond donors (Lipinski definition) is 0. The molecule has 0 bridgehead atoms. The average molecular weight is 728 g/mol. The Morgan fingerprint density at radius 1 is 0.368 bits per heavy atom. The second-order valence-electron chi connectivity index (χ2n) is 16.1. The fourth-order valence-corrected chi connectivity index (χ4v) is 10.0. The highest BCUT2D eigenvalue weighted by Gasteiger charge is 2.38. The van der Waals surface area contributed by atoms with Gasteiger partial charge in [-0.05, 0) is 114 Å². The summed E-state index contributed by atoms with van der Waals surface area (Å²) in [4.78, 5) is 2.45. The Morgan fingerprint density at radius 2 is 0.877 bits per heavy atom. The molecule has 0 saturated heterocycles. The Balaban J connectivity index is 1.13. The van der Waals surface area contributed by atoms with Crippen LogP contribution < -0.4 is 4.90 Å². The van der Waals surface area contributed by atoms with Crippen LogP contribution in [0.1, 0.15) is 30.5 Å². The Labute approximate surface area is 334 Å². The van der Waals surface area contributed by atoms with Crippen molar-refractivity contribution in [2.45, 2.75) is 26.2 Å². The van der Waals surface area contributed by atoms with E-state index in [0.29, 0.717) is 0 Å². The van der Waals surface area contributed by atoms with Gasteiger partial charge in [-0.1, -0.05) is 184 Å². The van der Waals surface area contributed by atoms with E-state index in [1.54, 1.807) is 0 Å². The fourth-order valence-electron chi connectivity index (χ4n) is 10.0. The normalized spacial score (nSPS) is 13.0. The van der Waals surface area contributed by atoms with Gasteiger partial charge in [-0.15, -0.1) is 0 Å². The van der Waals surface area contributed by atoms with E-state index in [1.165, 1.54) is 98.8 Å². The van der Waals surface area contributed by atoms with Crippen LogP contribution >= 0.6 is 0 Å². The Kier molecular flexibility index (Phi) is 7.50. The van der Waals surface area contributed by atoms with Crippen LogP contribution in [0.4, 0.5) is 17.1 Å². The third-order valence-electron chi connectivity index (χ3n) is 12.6. The molecular weight excluding hydrogens is 687 g/mol. The minimum Gasteiger partial charge on any atom is -0.309 e. The lowest BCUT2D eigenvalue weighted by molar-refractivity contribution is 0.662. The Morgan fingerprint density at radius 3 is 1.60 bits per heavy atom. The minimum absolute atomic E-state index is 0.127. The monoisotopic (exact) mass is 727 g/mol. The summed E-state index contributed by atoms with van der Waals surface area (Å²) in [6, 6.07) is 71.9. The van der Waals surface area contributed by atoms with Crippen LogP contribution in [0, 0.1) is 6.92 Å². The van der Waals surface area contributed by atoms with Gasteiger partial charge >= 0.3 is 0 Å². The summed E-state index contributed by atoms with van der Waals surface area (Å²) in [5, 5.41) is 10.0. The number of anilines is 3. The molecular formula is C56H41N. The molecule has 1 nitrogen and oxygen atoms in total. The zero-order chi connectivity index (χ0) is 38.3. The molecule has 0 fully saturated rings. The lowest BCUT2D eigenvalue weighted by Gasteiger charge is -2.29. The number of rotatable bonds is 5. The van der Waals surface area contributed by atoms with Gasteiger partial charge in [0.05, 0.1) is 11.4 Å². The summed E-state index contributed by atoms with van der Waals surface area (Å²) in [6.07, 6.45) is 0. The van der Waals surface area contributed by atoms with Crippen molar-refractivity contribution in [3.05, 3.63) is 211 Å². The smallest absolute Gasteiger partial charge is 0.0540 e. The maximum atomic E-state index is 2.45. The van der Waals surface area contributed by atoms with Crippen molar-refractivity contribution >= 4 is 60.2 Å². The molecule has 10 aromatic carbocycles. The third-order valence-corrected chi connectivity index (χ3v) is 12.6. The van der Waals surface area contributed by atoms with Gasteiger partial charge in [-0.3, -0.25) is 0 Å². The maximum Gasteiger partial charge on any atom is 0.0540 e. The van der Waals surface area contributed by atoms with E-state index in [1.807, 2.05) is 0 Å². The molecule has 0 amide bonds. The van der Waals surface area contributed by atoms with E-state index in [-0.39, 0.29) is 5.41 Å².